The predicted octanol–water partition coefficient (Wildman–Crippen LogP) is 4.36. The smallest absolute Gasteiger partial charge is 0.274 e. The van der Waals surface area contributed by atoms with E-state index in [1.807, 2.05) is 19.9 Å². The highest BCUT2D eigenvalue weighted by Gasteiger charge is 2.16. The standard InChI is InChI=1S/C34H35FN6O3/c1-22-16-25(30(35)17-26(22)21-38-13-15-43)7-9-32-29(18-36)28(10-11-39-32)27-4-3-5-31(23(27)2)41-34(44)33-8-6-24(20-40-33)19-37-12-14-42/h3-11,16-17,20,37-38,42-43H,12-15,19,21H2,1-2H3,(H,41,44)/b9-7+. The first-order valence-electron chi connectivity index (χ1n) is 14.2. The lowest BCUT2D eigenvalue weighted by molar-refractivity contribution is 0.102. The highest BCUT2D eigenvalue weighted by Crippen LogP contribution is 2.32. The third-order valence-corrected chi connectivity index (χ3v) is 7.12. The summed E-state index contributed by atoms with van der Waals surface area (Å²) < 4.78 is 14.9. The van der Waals surface area contributed by atoms with E-state index in [0.29, 0.717) is 54.3 Å². The molecule has 10 heteroatoms. The van der Waals surface area contributed by atoms with E-state index >= 15 is 0 Å². The predicted molar refractivity (Wildman–Crippen MR) is 169 cm³/mol. The van der Waals surface area contributed by atoms with Crippen molar-refractivity contribution in [2.75, 3.05) is 31.6 Å². The van der Waals surface area contributed by atoms with Crippen molar-refractivity contribution in [3.05, 3.63) is 112 Å². The van der Waals surface area contributed by atoms with E-state index in [0.717, 1.165) is 27.8 Å². The quantitative estimate of drug-likeness (QED) is 0.144. The minimum Gasteiger partial charge on any atom is -0.395 e. The van der Waals surface area contributed by atoms with Gasteiger partial charge in [-0.05, 0) is 84.1 Å². The number of hydrogen-bond acceptors (Lipinski definition) is 8. The zero-order valence-corrected chi connectivity index (χ0v) is 24.7. The lowest BCUT2D eigenvalue weighted by Crippen LogP contribution is -2.18. The fourth-order valence-electron chi connectivity index (χ4n) is 4.70. The van der Waals surface area contributed by atoms with Crippen molar-refractivity contribution >= 4 is 23.7 Å². The first kappa shape index (κ1) is 32.1. The number of carbonyl (C=O) groups is 1. The Morgan fingerprint density at radius 3 is 2.45 bits per heavy atom. The molecule has 0 bridgehead atoms. The van der Waals surface area contributed by atoms with Gasteiger partial charge in [-0.2, -0.15) is 5.26 Å². The summed E-state index contributed by atoms with van der Waals surface area (Å²) in [6, 6.07) is 16.1. The van der Waals surface area contributed by atoms with Crippen molar-refractivity contribution < 1.29 is 19.4 Å². The van der Waals surface area contributed by atoms with Gasteiger partial charge in [0.15, 0.2) is 0 Å². The number of rotatable bonds is 13. The number of aliphatic hydroxyl groups excluding tert-OH is 2. The molecule has 2 aromatic heterocycles. The zero-order chi connectivity index (χ0) is 31.5. The van der Waals surface area contributed by atoms with E-state index in [2.05, 4.69) is 32.0 Å². The molecule has 1 amide bonds. The molecule has 0 fully saturated rings. The normalized spacial score (nSPS) is 11.1. The second-order valence-electron chi connectivity index (χ2n) is 10.1. The van der Waals surface area contributed by atoms with E-state index in [-0.39, 0.29) is 24.8 Å². The van der Waals surface area contributed by atoms with Crippen molar-refractivity contribution in [2.45, 2.75) is 26.9 Å². The maximum absolute atomic E-state index is 14.9. The van der Waals surface area contributed by atoms with Crippen molar-refractivity contribution in [2.24, 2.45) is 0 Å². The van der Waals surface area contributed by atoms with Gasteiger partial charge >= 0.3 is 0 Å². The van der Waals surface area contributed by atoms with Crippen LogP contribution in [0, 0.1) is 31.0 Å². The molecule has 226 valence electrons. The third-order valence-electron chi connectivity index (χ3n) is 7.12. The minimum atomic E-state index is -0.399. The molecule has 0 unspecified atom stereocenters. The Kier molecular flexibility index (Phi) is 11.4. The topological polar surface area (TPSA) is 143 Å². The van der Waals surface area contributed by atoms with E-state index in [9.17, 15) is 14.4 Å². The second kappa shape index (κ2) is 15.6. The fourth-order valence-corrected chi connectivity index (χ4v) is 4.70. The Labute approximate surface area is 256 Å². The van der Waals surface area contributed by atoms with Gasteiger partial charge in [-0.15, -0.1) is 0 Å². The Balaban J connectivity index is 1.56. The number of carbonyl (C=O) groups excluding carboxylic acids is 1. The number of pyridine rings is 2. The average Bonchev–Trinajstić information content (AvgIpc) is 3.03. The molecule has 4 aromatic rings. The number of hydrogen-bond donors (Lipinski definition) is 5. The van der Waals surface area contributed by atoms with Gasteiger partial charge in [-0.1, -0.05) is 18.2 Å². The largest absolute Gasteiger partial charge is 0.395 e. The summed E-state index contributed by atoms with van der Waals surface area (Å²) in [7, 11) is 0. The lowest BCUT2D eigenvalue weighted by atomic mass is 9.94. The SMILES string of the molecule is Cc1cc(/C=C/c2nccc(-c3cccc(NC(=O)c4ccc(CNCCO)cn4)c3C)c2C#N)c(F)cc1CNCCO. The van der Waals surface area contributed by atoms with Crippen LogP contribution >= 0.6 is 0 Å². The number of anilines is 1. The molecule has 0 spiro atoms. The van der Waals surface area contributed by atoms with Gasteiger partial charge in [-0.3, -0.25) is 14.8 Å². The number of amides is 1. The maximum atomic E-state index is 14.9. The summed E-state index contributed by atoms with van der Waals surface area (Å²) in [4.78, 5) is 21.6. The summed E-state index contributed by atoms with van der Waals surface area (Å²) in [6.45, 7) is 5.67. The number of halogens is 1. The van der Waals surface area contributed by atoms with Gasteiger partial charge in [0.05, 0.1) is 24.5 Å². The number of aliphatic hydroxyl groups is 2. The maximum Gasteiger partial charge on any atom is 0.274 e. The molecule has 0 radical (unpaired) electrons. The summed E-state index contributed by atoms with van der Waals surface area (Å²) in [5.41, 5.74) is 6.64. The van der Waals surface area contributed by atoms with Gasteiger partial charge in [-0.25, -0.2) is 4.39 Å². The molecular weight excluding hydrogens is 559 g/mol. The number of nitriles is 1. The van der Waals surface area contributed by atoms with Crippen LogP contribution in [0.1, 0.15) is 49.6 Å². The Morgan fingerprint density at radius 2 is 1.75 bits per heavy atom. The van der Waals surface area contributed by atoms with Gasteiger partial charge < -0.3 is 26.2 Å². The van der Waals surface area contributed by atoms with Crippen LogP contribution in [-0.2, 0) is 13.1 Å². The van der Waals surface area contributed by atoms with Gasteiger partial charge in [0.25, 0.3) is 5.91 Å². The van der Waals surface area contributed by atoms with Crippen LogP contribution in [0.5, 0.6) is 0 Å². The zero-order valence-electron chi connectivity index (χ0n) is 24.7. The van der Waals surface area contributed by atoms with Crippen LogP contribution in [-0.4, -0.2) is 52.4 Å². The number of nitrogens with one attached hydrogen (secondary N) is 3. The van der Waals surface area contributed by atoms with Crippen LogP contribution in [0.2, 0.25) is 0 Å². The summed E-state index contributed by atoms with van der Waals surface area (Å²) in [5, 5.41) is 37.0. The number of aryl methyl sites for hydroxylation is 1. The molecule has 2 aromatic carbocycles. The molecule has 4 rings (SSSR count). The Morgan fingerprint density at radius 1 is 0.977 bits per heavy atom. The van der Waals surface area contributed by atoms with E-state index < -0.39 is 5.82 Å². The van der Waals surface area contributed by atoms with Crippen LogP contribution in [0.25, 0.3) is 23.3 Å². The Hall–Kier alpha value is -4.79. The summed E-state index contributed by atoms with van der Waals surface area (Å²) >= 11 is 0. The number of benzene rings is 2. The minimum absolute atomic E-state index is 0.00594. The first-order valence-corrected chi connectivity index (χ1v) is 14.2. The molecule has 2 heterocycles. The molecule has 0 saturated carbocycles. The molecule has 44 heavy (non-hydrogen) atoms. The molecule has 0 atom stereocenters. The summed E-state index contributed by atoms with van der Waals surface area (Å²) in [6.07, 6.45) is 6.44. The van der Waals surface area contributed by atoms with Crippen LogP contribution in [0.15, 0.2) is 60.9 Å². The van der Waals surface area contributed by atoms with Crippen molar-refractivity contribution in [3.8, 4) is 17.2 Å². The van der Waals surface area contributed by atoms with Gasteiger partial charge in [0.1, 0.15) is 17.6 Å². The van der Waals surface area contributed by atoms with Crippen molar-refractivity contribution in [1.29, 1.82) is 5.26 Å². The van der Waals surface area contributed by atoms with Gasteiger partial charge in [0, 0.05) is 55.4 Å². The molecule has 0 aliphatic rings. The van der Waals surface area contributed by atoms with E-state index in [4.69, 9.17) is 10.2 Å². The molecule has 5 N–H and O–H groups in total. The third kappa shape index (κ3) is 7.98. The van der Waals surface area contributed by atoms with Crippen LogP contribution in [0.3, 0.4) is 0 Å². The van der Waals surface area contributed by atoms with Crippen LogP contribution in [0.4, 0.5) is 10.1 Å². The Bertz CT molecular complexity index is 1680. The monoisotopic (exact) mass is 594 g/mol. The highest BCUT2D eigenvalue weighted by molar-refractivity contribution is 6.03. The number of aromatic nitrogens is 2. The molecular formula is C34H35FN6O3. The highest BCUT2D eigenvalue weighted by atomic mass is 19.1. The fraction of sp³-hybridized carbons (Fsp3) is 0.235. The van der Waals surface area contributed by atoms with Crippen LogP contribution < -0.4 is 16.0 Å². The van der Waals surface area contributed by atoms with E-state index in [1.165, 1.54) is 6.07 Å². The second-order valence-corrected chi connectivity index (χ2v) is 10.1. The average molecular weight is 595 g/mol. The summed E-state index contributed by atoms with van der Waals surface area (Å²) in [5.74, 6) is -0.768. The van der Waals surface area contributed by atoms with E-state index in [1.54, 1.807) is 60.9 Å². The molecule has 0 aliphatic carbocycles. The van der Waals surface area contributed by atoms with Crippen molar-refractivity contribution in [1.82, 2.24) is 20.6 Å². The van der Waals surface area contributed by atoms with Crippen molar-refractivity contribution in [3.63, 3.8) is 0 Å². The number of nitrogens with zero attached hydrogens (tertiary/aromatic N) is 3. The first-order chi connectivity index (χ1) is 21.4. The molecule has 0 saturated heterocycles. The van der Waals surface area contributed by atoms with Gasteiger partial charge in [0.2, 0.25) is 0 Å². The molecule has 0 aliphatic heterocycles. The molecule has 9 nitrogen and oxygen atoms in total. The lowest BCUT2D eigenvalue weighted by Gasteiger charge is -2.14.